The van der Waals surface area contributed by atoms with E-state index in [1.54, 1.807) is 31.4 Å². The first-order valence-electron chi connectivity index (χ1n) is 8.16. The third-order valence-corrected chi connectivity index (χ3v) is 5.54. The Hall–Kier alpha value is -2.13. The van der Waals surface area contributed by atoms with Crippen molar-refractivity contribution in [1.29, 1.82) is 0 Å². The Labute approximate surface area is 160 Å². The first kappa shape index (κ1) is 20.2. The number of hydrogen-bond acceptors (Lipinski definition) is 7. The summed E-state index contributed by atoms with van der Waals surface area (Å²) in [4.78, 5) is 23.9. The van der Waals surface area contributed by atoms with E-state index >= 15 is 0 Å². The summed E-state index contributed by atoms with van der Waals surface area (Å²) in [6, 6.07) is 7.22. The fourth-order valence-corrected chi connectivity index (χ4v) is 3.53. The highest BCUT2D eigenvalue weighted by molar-refractivity contribution is 7.99. The smallest absolute Gasteiger partial charge is 0.286 e. The molecule has 0 fully saturated rings. The maximum absolute atomic E-state index is 12.2. The molecule has 7 nitrogen and oxygen atoms in total. The van der Waals surface area contributed by atoms with Gasteiger partial charge in [-0.2, -0.15) is 0 Å². The van der Waals surface area contributed by atoms with Crippen molar-refractivity contribution in [1.82, 2.24) is 15.5 Å². The van der Waals surface area contributed by atoms with Gasteiger partial charge in [0.1, 0.15) is 10.8 Å². The number of nitrogens with one attached hydrogen (secondary N) is 2. The van der Waals surface area contributed by atoms with Crippen LogP contribution in [0.4, 0.5) is 5.69 Å². The molecule has 1 aromatic carbocycles. The predicted molar refractivity (Wildman–Crippen MR) is 105 cm³/mol. The standard InChI is InChI=1S/C17H22N4O3S2/c1-4-11(2)18-14(22)9-25-10-15-20-21-17(26-15)16(23)19-12-5-7-13(24-3)8-6-12/h5-8,11H,4,9-10H2,1-3H3,(H,18,22)(H,19,23). The van der Waals surface area contributed by atoms with Crippen molar-refractivity contribution in [2.45, 2.75) is 32.1 Å². The molecule has 0 bridgehead atoms. The highest BCUT2D eigenvalue weighted by Crippen LogP contribution is 2.19. The van der Waals surface area contributed by atoms with Crippen molar-refractivity contribution in [2.24, 2.45) is 0 Å². The Morgan fingerprint density at radius 2 is 2.00 bits per heavy atom. The van der Waals surface area contributed by atoms with E-state index in [2.05, 4.69) is 20.8 Å². The summed E-state index contributed by atoms with van der Waals surface area (Å²) < 4.78 is 5.08. The molecule has 0 aliphatic carbocycles. The molecule has 1 aromatic heterocycles. The van der Waals surface area contributed by atoms with Gasteiger partial charge in [0.05, 0.1) is 12.9 Å². The van der Waals surface area contributed by atoms with Gasteiger partial charge < -0.3 is 15.4 Å². The van der Waals surface area contributed by atoms with E-state index < -0.39 is 0 Å². The van der Waals surface area contributed by atoms with Crippen LogP contribution >= 0.6 is 23.1 Å². The van der Waals surface area contributed by atoms with Gasteiger partial charge in [-0.1, -0.05) is 18.3 Å². The molecule has 0 aliphatic heterocycles. The first-order valence-corrected chi connectivity index (χ1v) is 10.1. The molecular weight excluding hydrogens is 372 g/mol. The second kappa shape index (κ2) is 10.1. The van der Waals surface area contributed by atoms with Crippen LogP contribution in [-0.2, 0) is 10.5 Å². The van der Waals surface area contributed by atoms with E-state index in [4.69, 9.17) is 4.74 Å². The molecule has 1 unspecified atom stereocenters. The minimum atomic E-state index is -0.307. The molecule has 2 amide bonds. The average molecular weight is 395 g/mol. The van der Waals surface area contributed by atoms with Crippen LogP contribution < -0.4 is 15.4 Å². The second-order valence-electron chi connectivity index (χ2n) is 5.55. The quantitative estimate of drug-likeness (QED) is 0.679. The molecule has 2 aromatic rings. The minimum Gasteiger partial charge on any atom is -0.497 e. The van der Waals surface area contributed by atoms with Crippen LogP contribution in [0.25, 0.3) is 0 Å². The number of carbonyl (C=O) groups excluding carboxylic acids is 2. The van der Waals surface area contributed by atoms with Gasteiger partial charge in [-0.25, -0.2) is 0 Å². The number of anilines is 1. The van der Waals surface area contributed by atoms with Crippen LogP contribution in [0.15, 0.2) is 24.3 Å². The van der Waals surface area contributed by atoms with E-state index in [1.165, 1.54) is 23.1 Å². The third-order valence-electron chi connectivity index (χ3n) is 3.49. The largest absolute Gasteiger partial charge is 0.497 e. The number of ether oxygens (including phenoxy) is 1. The minimum absolute atomic E-state index is 0.00587. The van der Waals surface area contributed by atoms with Gasteiger partial charge >= 0.3 is 0 Å². The van der Waals surface area contributed by atoms with Gasteiger partial charge in [-0.05, 0) is 37.6 Å². The van der Waals surface area contributed by atoms with Crippen LogP contribution in [0.3, 0.4) is 0 Å². The van der Waals surface area contributed by atoms with Crippen LogP contribution in [0.1, 0.15) is 35.1 Å². The monoisotopic (exact) mass is 394 g/mol. The Morgan fingerprint density at radius 3 is 2.65 bits per heavy atom. The lowest BCUT2D eigenvalue weighted by Crippen LogP contribution is -2.33. The van der Waals surface area contributed by atoms with Crippen molar-refractivity contribution < 1.29 is 14.3 Å². The molecule has 0 saturated heterocycles. The van der Waals surface area contributed by atoms with Crippen molar-refractivity contribution in [2.75, 3.05) is 18.2 Å². The molecular formula is C17H22N4O3S2. The summed E-state index contributed by atoms with van der Waals surface area (Å²) in [5.74, 6) is 1.32. The molecule has 2 rings (SSSR count). The summed E-state index contributed by atoms with van der Waals surface area (Å²) in [6.45, 7) is 4.00. The third kappa shape index (κ3) is 6.30. The van der Waals surface area contributed by atoms with Crippen LogP contribution in [0.5, 0.6) is 5.75 Å². The van der Waals surface area contributed by atoms with Crippen molar-refractivity contribution >= 4 is 40.6 Å². The number of rotatable bonds is 9. The van der Waals surface area contributed by atoms with Crippen molar-refractivity contribution in [3.05, 3.63) is 34.3 Å². The maximum atomic E-state index is 12.2. The molecule has 0 saturated carbocycles. The maximum Gasteiger partial charge on any atom is 0.286 e. The molecule has 0 aliphatic rings. The molecule has 1 heterocycles. The molecule has 26 heavy (non-hydrogen) atoms. The number of aromatic nitrogens is 2. The summed E-state index contributed by atoms with van der Waals surface area (Å²) in [7, 11) is 1.59. The molecule has 1 atom stereocenters. The predicted octanol–water partition coefficient (Wildman–Crippen LogP) is 2.95. The summed E-state index contributed by atoms with van der Waals surface area (Å²) in [5.41, 5.74) is 0.656. The zero-order valence-electron chi connectivity index (χ0n) is 14.9. The summed E-state index contributed by atoms with van der Waals surface area (Å²) in [5, 5.41) is 14.6. The number of amides is 2. The van der Waals surface area contributed by atoms with Crippen LogP contribution in [-0.4, -0.2) is 40.9 Å². The summed E-state index contributed by atoms with van der Waals surface area (Å²) in [6.07, 6.45) is 0.902. The van der Waals surface area contributed by atoms with Gasteiger partial charge in [-0.3, -0.25) is 9.59 Å². The Kier molecular flexibility index (Phi) is 7.86. The van der Waals surface area contributed by atoms with Gasteiger partial charge in [0.2, 0.25) is 10.9 Å². The lowest BCUT2D eigenvalue weighted by atomic mass is 10.3. The molecule has 0 spiro atoms. The van der Waals surface area contributed by atoms with Crippen LogP contribution in [0.2, 0.25) is 0 Å². The molecule has 9 heteroatoms. The van der Waals surface area contributed by atoms with E-state index in [1.807, 2.05) is 13.8 Å². The van der Waals surface area contributed by atoms with Crippen molar-refractivity contribution in [3.8, 4) is 5.75 Å². The Balaban J connectivity index is 1.80. The van der Waals surface area contributed by atoms with E-state index in [9.17, 15) is 9.59 Å². The molecule has 2 N–H and O–H groups in total. The highest BCUT2D eigenvalue weighted by atomic mass is 32.2. The van der Waals surface area contributed by atoms with Crippen LogP contribution in [0, 0.1) is 0 Å². The summed E-state index contributed by atoms with van der Waals surface area (Å²) >= 11 is 2.68. The van der Waals surface area contributed by atoms with Gasteiger partial charge in [0.25, 0.3) is 5.91 Å². The zero-order chi connectivity index (χ0) is 18.9. The average Bonchev–Trinajstić information content (AvgIpc) is 3.11. The Morgan fingerprint density at radius 1 is 1.27 bits per heavy atom. The SMILES string of the molecule is CCC(C)NC(=O)CSCc1nnc(C(=O)Nc2ccc(OC)cc2)s1. The lowest BCUT2D eigenvalue weighted by molar-refractivity contribution is -0.119. The normalized spacial score (nSPS) is 11.7. The van der Waals surface area contributed by atoms with E-state index in [-0.39, 0.29) is 17.9 Å². The number of hydrogen-bond donors (Lipinski definition) is 2. The molecule has 140 valence electrons. The number of benzene rings is 1. The topological polar surface area (TPSA) is 93.2 Å². The number of carbonyl (C=O) groups is 2. The van der Waals surface area contributed by atoms with E-state index in [0.29, 0.717) is 27.2 Å². The van der Waals surface area contributed by atoms with Crippen molar-refractivity contribution in [3.63, 3.8) is 0 Å². The number of thioether (sulfide) groups is 1. The first-order chi connectivity index (χ1) is 12.5. The van der Waals surface area contributed by atoms with Gasteiger partial charge in [0.15, 0.2) is 0 Å². The number of methoxy groups -OCH3 is 1. The zero-order valence-corrected chi connectivity index (χ0v) is 16.6. The van der Waals surface area contributed by atoms with Gasteiger partial charge in [-0.15, -0.1) is 22.0 Å². The second-order valence-corrected chi connectivity index (χ2v) is 7.60. The van der Waals surface area contributed by atoms with Gasteiger partial charge in [0, 0.05) is 17.5 Å². The number of nitrogens with zero attached hydrogens (tertiary/aromatic N) is 2. The lowest BCUT2D eigenvalue weighted by Gasteiger charge is -2.10. The fourth-order valence-electron chi connectivity index (χ4n) is 1.91. The fraction of sp³-hybridized carbons (Fsp3) is 0.412. The Bertz CT molecular complexity index is 734. The van der Waals surface area contributed by atoms with E-state index in [0.717, 1.165) is 12.2 Å². The molecule has 0 radical (unpaired) electrons. The highest BCUT2D eigenvalue weighted by Gasteiger charge is 2.14.